The van der Waals surface area contributed by atoms with Gasteiger partial charge < -0.3 is 10.1 Å². The second-order valence-electron chi connectivity index (χ2n) is 4.46. The molecule has 0 unspecified atom stereocenters. The lowest BCUT2D eigenvalue weighted by atomic mass is 10.2. The molecule has 88 valence electrons. The first-order chi connectivity index (χ1) is 7.11. The number of carbonyl (C=O) groups excluding carboxylic acids is 1. The van der Waals surface area contributed by atoms with Crippen molar-refractivity contribution in [2.75, 3.05) is 32.8 Å². The van der Waals surface area contributed by atoms with E-state index in [1.165, 1.54) is 0 Å². The molecule has 1 rings (SSSR count). The number of nitrogens with zero attached hydrogens (tertiary/aromatic N) is 1. The molecule has 1 aliphatic heterocycles. The topological polar surface area (TPSA) is 41.6 Å². The van der Waals surface area contributed by atoms with E-state index < -0.39 is 0 Å². The maximum Gasteiger partial charge on any atom is 0.237 e. The third-order valence-corrected chi connectivity index (χ3v) is 2.66. The van der Waals surface area contributed by atoms with Crippen molar-refractivity contribution in [1.82, 2.24) is 10.2 Å². The first-order valence-electron chi connectivity index (χ1n) is 5.70. The van der Waals surface area contributed by atoms with Crippen molar-refractivity contribution in [2.45, 2.75) is 26.8 Å². The van der Waals surface area contributed by atoms with Crippen LogP contribution in [0.15, 0.2) is 0 Å². The molecule has 1 aliphatic rings. The Labute approximate surface area is 92.0 Å². The van der Waals surface area contributed by atoms with Gasteiger partial charge in [0, 0.05) is 19.6 Å². The van der Waals surface area contributed by atoms with E-state index in [0.29, 0.717) is 5.92 Å². The Kier molecular flexibility index (Phi) is 5.05. The van der Waals surface area contributed by atoms with Crippen LogP contribution >= 0.6 is 0 Å². The Hall–Kier alpha value is -0.610. The molecule has 1 fully saturated rings. The van der Waals surface area contributed by atoms with Crippen LogP contribution in [0.1, 0.15) is 20.8 Å². The normalized spacial score (nSPS) is 20.3. The van der Waals surface area contributed by atoms with Gasteiger partial charge in [0.25, 0.3) is 0 Å². The summed E-state index contributed by atoms with van der Waals surface area (Å²) in [5.41, 5.74) is 0. The van der Waals surface area contributed by atoms with E-state index in [1.54, 1.807) is 0 Å². The van der Waals surface area contributed by atoms with Crippen LogP contribution in [0, 0.1) is 5.92 Å². The number of morpholine rings is 1. The molecule has 0 spiro atoms. The molecule has 1 amide bonds. The van der Waals surface area contributed by atoms with Crippen LogP contribution in [0.25, 0.3) is 0 Å². The van der Waals surface area contributed by atoms with Gasteiger partial charge in [0.2, 0.25) is 5.91 Å². The summed E-state index contributed by atoms with van der Waals surface area (Å²) in [5.74, 6) is 0.636. The molecule has 0 saturated carbocycles. The van der Waals surface area contributed by atoms with Crippen molar-refractivity contribution in [1.29, 1.82) is 0 Å². The van der Waals surface area contributed by atoms with E-state index >= 15 is 0 Å². The molecular weight excluding hydrogens is 192 g/mol. The van der Waals surface area contributed by atoms with Gasteiger partial charge in [-0.1, -0.05) is 13.8 Å². The fourth-order valence-electron chi connectivity index (χ4n) is 1.58. The van der Waals surface area contributed by atoms with Gasteiger partial charge in [0.05, 0.1) is 19.3 Å². The predicted molar refractivity (Wildman–Crippen MR) is 59.7 cm³/mol. The van der Waals surface area contributed by atoms with Crippen LogP contribution in [0.4, 0.5) is 0 Å². The summed E-state index contributed by atoms with van der Waals surface area (Å²) >= 11 is 0. The van der Waals surface area contributed by atoms with E-state index in [1.807, 2.05) is 6.92 Å². The summed E-state index contributed by atoms with van der Waals surface area (Å²) in [4.78, 5) is 13.9. The molecule has 4 nitrogen and oxygen atoms in total. The molecule has 1 heterocycles. The Morgan fingerprint density at radius 1 is 1.33 bits per heavy atom. The summed E-state index contributed by atoms with van der Waals surface area (Å²) < 4.78 is 5.25. The highest BCUT2D eigenvalue weighted by Crippen LogP contribution is 2.03. The predicted octanol–water partition coefficient (Wildman–Crippen LogP) is 0.479. The number of hydrogen-bond acceptors (Lipinski definition) is 3. The second kappa shape index (κ2) is 6.08. The second-order valence-corrected chi connectivity index (χ2v) is 4.46. The van der Waals surface area contributed by atoms with Crippen molar-refractivity contribution in [2.24, 2.45) is 5.92 Å². The number of amides is 1. The molecule has 4 heteroatoms. The molecule has 1 saturated heterocycles. The minimum absolute atomic E-state index is 0.0346. The maximum absolute atomic E-state index is 11.8. The van der Waals surface area contributed by atoms with Crippen molar-refractivity contribution in [3.63, 3.8) is 0 Å². The van der Waals surface area contributed by atoms with Gasteiger partial charge in [0.15, 0.2) is 0 Å². The number of hydrogen-bond donors (Lipinski definition) is 1. The monoisotopic (exact) mass is 214 g/mol. The molecule has 1 atom stereocenters. The highest BCUT2D eigenvalue weighted by molar-refractivity contribution is 5.81. The van der Waals surface area contributed by atoms with Crippen LogP contribution in [0.2, 0.25) is 0 Å². The van der Waals surface area contributed by atoms with E-state index in [4.69, 9.17) is 4.74 Å². The van der Waals surface area contributed by atoms with E-state index in [2.05, 4.69) is 24.1 Å². The summed E-state index contributed by atoms with van der Waals surface area (Å²) in [6.07, 6.45) is 0. The summed E-state index contributed by atoms with van der Waals surface area (Å²) in [6, 6.07) is -0.0346. The third-order valence-electron chi connectivity index (χ3n) is 2.66. The molecule has 0 aromatic heterocycles. The lowest BCUT2D eigenvalue weighted by Gasteiger charge is -2.31. The number of carbonyl (C=O) groups is 1. The summed E-state index contributed by atoms with van der Waals surface area (Å²) in [7, 11) is 0. The van der Waals surface area contributed by atoms with E-state index in [9.17, 15) is 4.79 Å². The smallest absolute Gasteiger partial charge is 0.237 e. The molecule has 0 aliphatic carbocycles. The summed E-state index contributed by atoms with van der Waals surface area (Å²) in [6.45, 7) is 10.1. The van der Waals surface area contributed by atoms with Gasteiger partial charge in [-0.2, -0.15) is 0 Å². The molecule has 0 aromatic carbocycles. The highest BCUT2D eigenvalue weighted by Gasteiger charge is 2.22. The van der Waals surface area contributed by atoms with Crippen molar-refractivity contribution in [3.05, 3.63) is 0 Å². The van der Waals surface area contributed by atoms with Crippen LogP contribution in [-0.4, -0.2) is 49.7 Å². The molecule has 0 bridgehead atoms. The molecule has 0 radical (unpaired) electrons. The molecule has 0 aromatic rings. The van der Waals surface area contributed by atoms with Gasteiger partial charge >= 0.3 is 0 Å². The Balaban J connectivity index is 2.30. The van der Waals surface area contributed by atoms with Gasteiger partial charge in [0.1, 0.15) is 0 Å². The molecule has 15 heavy (non-hydrogen) atoms. The maximum atomic E-state index is 11.8. The fraction of sp³-hybridized carbons (Fsp3) is 0.909. The first kappa shape index (κ1) is 12.5. The minimum atomic E-state index is -0.0346. The Morgan fingerprint density at radius 2 is 1.93 bits per heavy atom. The third kappa shape index (κ3) is 4.18. The first-order valence-corrected chi connectivity index (χ1v) is 5.70. The van der Waals surface area contributed by atoms with Gasteiger partial charge in [-0.05, 0) is 12.8 Å². The SMILES string of the molecule is CC(C)CNC(=O)[C@@H](C)N1CCOCC1. The fourth-order valence-corrected chi connectivity index (χ4v) is 1.58. The van der Waals surface area contributed by atoms with Crippen LogP contribution in [0.5, 0.6) is 0 Å². The summed E-state index contributed by atoms with van der Waals surface area (Å²) in [5, 5.41) is 2.96. The average molecular weight is 214 g/mol. The van der Waals surface area contributed by atoms with E-state index in [0.717, 1.165) is 32.8 Å². The number of rotatable bonds is 4. The number of ether oxygens (including phenoxy) is 1. The van der Waals surface area contributed by atoms with Gasteiger partial charge in [-0.15, -0.1) is 0 Å². The zero-order chi connectivity index (χ0) is 11.3. The standard InChI is InChI=1S/C11H22N2O2/c1-9(2)8-12-11(14)10(3)13-4-6-15-7-5-13/h9-10H,4-8H2,1-3H3,(H,12,14)/t10-/m1/s1. The highest BCUT2D eigenvalue weighted by atomic mass is 16.5. The van der Waals surface area contributed by atoms with Crippen molar-refractivity contribution >= 4 is 5.91 Å². The molecule has 1 N–H and O–H groups in total. The minimum Gasteiger partial charge on any atom is -0.379 e. The van der Waals surface area contributed by atoms with Crippen molar-refractivity contribution < 1.29 is 9.53 Å². The number of nitrogens with one attached hydrogen (secondary N) is 1. The quantitative estimate of drug-likeness (QED) is 0.740. The van der Waals surface area contributed by atoms with Crippen LogP contribution in [0.3, 0.4) is 0 Å². The van der Waals surface area contributed by atoms with Crippen molar-refractivity contribution in [3.8, 4) is 0 Å². The lowest BCUT2D eigenvalue weighted by Crippen LogP contribution is -2.50. The lowest BCUT2D eigenvalue weighted by molar-refractivity contribution is -0.127. The average Bonchev–Trinajstić information content (AvgIpc) is 2.26. The Morgan fingerprint density at radius 3 is 2.47 bits per heavy atom. The Bertz CT molecular complexity index is 201. The zero-order valence-corrected chi connectivity index (χ0v) is 9.95. The van der Waals surface area contributed by atoms with E-state index in [-0.39, 0.29) is 11.9 Å². The van der Waals surface area contributed by atoms with Crippen LogP contribution < -0.4 is 5.32 Å². The van der Waals surface area contributed by atoms with Crippen LogP contribution in [-0.2, 0) is 9.53 Å². The molecular formula is C11H22N2O2. The zero-order valence-electron chi connectivity index (χ0n) is 9.95. The largest absolute Gasteiger partial charge is 0.379 e. The van der Waals surface area contributed by atoms with Gasteiger partial charge in [-0.3, -0.25) is 9.69 Å². The van der Waals surface area contributed by atoms with Gasteiger partial charge in [-0.25, -0.2) is 0 Å².